The second-order valence-corrected chi connectivity index (χ2v) is 4.05. The van der Waals surface area contributed by atoms with Crippen LogP contribution in [0.1, 0.15) is 43.9 Å². The Labute approximate surface area is 90.9 Å². The highest BCUT2D eigenvalue weighted by Crippen LogP contribution is 2.29. The van der Waals surface area contributed by atoms with Crippen LogP contribution in [0.2, 0.25) is 0 Å². The summed E-state index contributed by atoms with van der Waals surface area (Å²) in [5.41, 5.74) is 1.42. The molecule has 2 heteroatoms. The van der Waals surface area contributed by atoms with Crippen molar-refractivity contribution in [3.05, 3.63) is 35.1 Å². The summed E-state index contributed by atoms with van der Waals surface area (Å²) in [7, 11) is 0. The van der Waals surface area contributed by atoms with Gasteiger partial charge in [-0.05, 0) is 18.9 Å². The minimum Gasteiger partial charge on any atom is -0.388 e. The lowest BCUT2D eigenvalue weighted by molar-refractivity contribution is 0.0995. The molecule has 0 bridgehead atoms. The van der Waals surface area contributed by atoms with Crippen LogP contribution in [0.3, 0.4) is 0 Å². The molecule has 15 heavy (non-hydrogen) atoms. The van der Waals surface area contributed by atoms with Crippen molar-refractivity contribution in [3.63, 3.8) is 0 Å². The van der Waals surface area contributed by atoms with E-state index in [4.69, 9.17) is 0 Å². The van der Waals surface area contributed by atoms with Gasteiger partial charge in [-0.3, -0.25) is 0 Å². The molecule has 1 rings (SSSR count). The standard InChI is InChI=1S/C13H19FO/c1-4-10(5-2)13(15)11-8-9(3)6-7-12(11)14/h6-8,10,13,15H,4-5H2,1-3H3. The van der Waals surface area contributed by atoms with Crippen molar-refractivity contribution in [1.29, 1.82) is 0 Å². The zero-order chi connectivity index (χ0) is 11.4. The predicted molar refractivity (Wildman–Crippen MR) is 60.2 cm³/mol. The summed E-state index contributed by atoms with van der Waals surface area (Å²) < 4.78 is 13.5. The fraction of sp³-hybridized carbons (Fsp3) is 0.538. The number of hydrogen-bond donors (Lipinski definition) is 1. The lowest BCUT2D eigenvalue weighted by Gasteiger charge is -2.21. The van der Waals surface area contributed by atoms with E-state index in [1.54, 1.807) is 12.1 Å². The topological polar surface area (TPSA) is 20.2 Å². The van der Waals surface area contributed by atoms with Crippen molar-refractivity contribution in [3.8, 4) is 0 Å². The first-order valence-corrected chi connectivity index (χ1v) is 5.54. The van der Waals surface area contributed by atoms with Gasteiger partial charge < -0.3 is 5.11 Å². The molecule has 0 fully saturated rings. The maximum Gasteiger partial charge on any atom is 0.129 e. The normalized spacial score (nSPS) is 13.2. The fourth-order valence-corrected chi connectivity index (χ4v) is 1.88. The van der Waals surface area contributed by atoms with Crippen molar-refractivity contribution in [2.45, 2.75) is 39.7 Å². The van der Waals surface area contributed by atoms with Gasteiger partial charge in [0.15, 0.2) is 0 Å². The number of benzene rings is 1. The zero-order valence-corrected chi connectivity index (χ0v) is 9.63. The van der Waals surface area contributed by atoms with Gasteiger partial charge in [-0.2, -0.15) is 0 Å². The van der Waals surface area contributed by atoms with Crippen LogP contribution in [-0.4, -0.2) is 5.11 Å². The van der Waals surface area contributed by atoms with Gasteiger partial charge >= 0.3 is 0 Å². The molecule has 1 aromatic carbocycles. The van der Waals surface area contributed by atoms with Gasteiger partial charge in [0.2, 0.25) is 0 Å². The highest BCUT2D eigenvalue weighted by molar-refractivity contribution is 5.26. The molecule has 1 N–H and O–H groups in total. The number of halogens is 1. The lowest BCUT2D eigenvalue weighted by Crippen LogP contribution is -2.12. The van der Waals surface area contributed by atoms with E-state index in [1.807, 2.05) is 20.8 Å². The van der Waals surface area contributed by atoms with Crippen molar-refractivity contribution < 1.29 is 9.50 Å². The summed E-state index contributed by atoms with van der Waals surface area (Å²) in [6.45, 7) is 5.94. The molecule has 0 spiro atoms. The van der Waals surface area contributed by atoms with Crippen LogP contribution in [0.25, 0.3) is 0 Å². The first-order valence-electron chi connectivity index (χ1n) is 5.54. The third kappa shape index (κ3) is 2.78. The van der Waals surface area contributed by atoms with E-state index < -0.39 is 6.10 Å². The van der Waals surface area contributed by atoms with Crippen molar-refractivity contribution >= 4 is 0 Å². The molecule has 0 aromatic heterocycles. The molecule has 1 atom stereocenters. The molecule has 84 valence electrons. The smallest absolute Gasteiger partial charge is 0.129 e. The van der Waals surface area contributed by atoms with Gasteiger partial charge in [-0.25, -0.2) is 4.39 Å². The van der Waals surface area contributed by atoms with Gasteiger partial charge in [-0.15, -0.1) is 0 Å². The molecule has 0 radical (unpaired) electrons. The molecule has 0 saturated heterocycles. The molecule has 1 aromatic rings. The molecular formula is C13H19FO. The van der Waals surface area contributed by atoms with E-state index in [1.165, 1.54) is 6.07 Å². The monoisotopic (exact) mass is 210 g/mol. The number of rotatable bonds is 4. The first kappa shape index (κ1) is 12.2. The second kappa shape index (κ2) is 5.26. The number of aliphatic hydroxyl groups excluding tert-OH is 1. The molecule has 0 aliphatic rings. The summed E-state index contributed by atoms with van der Waals surface area (Å²) >= 11 is 0. The molecule has 0 heterocycles. The van der Waals surface area contributed by atoms with Crippen LogP contribution < -0.4 is 0 Å². The number of hydrogen-bond acceptors (Lipinski definition) is 1. The van der Waals surface area contributed by atoms with Crippen LogP contribution in [0.5, 0.6) is 0 Å². The number of aryl methyl sites for hydroxylation is 1. The average Bonchev–Trinajstić information content (AvgIpc) is 2.23. The molecule has 0 amide bonds. The minimum atomic E-state index is -0.681. The van der Waals surface area contributed by atoms with E-state index >= 15 is 0 Å². The molecule has 0 aliphatic heterocycles. The van der Waals surface area contributed by atoms with E-state index in [0.29, 0.717) is 5.56 Å². The highest BCUT2D eigenvalue weighted by Gasteiger charge is 2.20. The van der Waals surface area contributed by atoms with Gasteiger partial charge in [-0.1, -0.05) is 44.4 Å². The van der Waals surface area contributed by atoms with Gasteiger partial charge in [0.05, 0.1) is 6.10 Å². The lowest BCUT2D eigenvalue weighted by atomic mass is 9.90. The Kier molecular flexibility index (Phi) is 4.28. The Bertz CT molecular complexity index is 318. The second-order valence-electron chi connectivity index (χ2n) is 4.05. The molecule has 0 aliphatic carbocycles. The summed E-state index contributed by atoms with van der Waals surface area (Å²) in [5.74, 6) is -0.165. The third-order valence-electron chi connectivity index (χ3n) is 2.97. The summed E-state index contributed by atoms with van der Waals surface area (Å²) in [5, 5.41) is 10.0. The Balaban J connectivity index is 2.98. The van der Waals surface area contributed by atoms with E-state index in [0.717, 1.165) is 18.4 Å². The quantitative estimate of drug-likeness (QED) is 0.805. The van der Waals surface area contributed by atoms with Crippen LogP contribution >= 0.6 is 0 Å². The first-order chi connectivity index (χ1) is 7.10. The highest BCUT2D eigenvalue weighted by atomic mass is 19.1. The van der Waals surface area contributed by atoms with Crippen LogP contribution in [-0.2, 0) is 0 Å². The fourth-order valence-electron chi connectivity index (χ4n) is 1.88. The van der Waals surface area contributed by atoms with E-state index in [2.05, 4.69) is 0 Å². The van der Waals surface area contributed by atoms with Crippen molar-refractivity contribution in [2.75, 3.05) is 0 Å². The third-order valence-corrected chi connectivity index (χ3v) is 2.97. The number of aliphatic hydroxyl groups is 1. The Hall–Kier alpha value is -0.890. The molecule has 1 unspecified atom stereocenters. The SMILES string of the molecule is CCC(CC)C(O)c1cc(C)ccc1F. The van der Waals surface area contributed by atoms with Crippen LogP contribution in [0.4, 0.5) is 4.39 Å². The predicted octanol–water partition coefficient (Wildman–Crippen LogP) is 3.60. The van der Waals surface area contributed by atoms with Crippen molar-refractivity contribution in [2.24, 2.45) is 5.92 Å². The molecule has 1 nitrogen and oxygen atoms in total. The molecular weight excluding hydrogens is 191 g/mol. The summed E-state index contributed by atoms with van der Waals surface area (Å²) in [4.78, 5) is 0. The van der Waals surface area contributed by atoms with Crippen LogP contribution in [0, 0.1) is 18.7 Å². The van der Waals surface area contributed by atoms with E-state index in [9.17, 15) is 9.50 Å². The minimum absolute atomic E-state index is 0.140. The van der Waals surface area contributed by atoms with Gasteiger partial charge in [0.1, 0.15) is 5.82 Å². The van der Waals surface area contributed by atoms with Gasteiger partial charge in [0.25, 0.3) is 0 Å². The Morgan fingerprint density at radius 3 is 2.40 bits per heavy atom. The summed E-state index contributed by atoms with van der Waals surface area (Å²) in [6.07, 6.45) is 1.05. The molecule has 0 saturated carbocycles. The Morgan fingerprint density at radius 1 is 1.27 bits per heavy atom. The maximum absolute atomic E-state index is 13.5. The van der Waals surface area contributed by atoms with Crippen molar-refractivity contribution in [1.82, 2.24) is 0 Å². The summed E-state index contributed by atoms with van der Waals surface area (Å²) in [6, 6.07) is 4.88. The Morgan fingerprint density at radius 2 is 1.87 bits per heavy atom. The average molecular weight is 210 g/mol. The largest absolute Gasteiger partial charge is 0.388 e. The van der Waals surface area contributed by atoms with Crippen LogP contribution in [0.15, 0.2) is 18.2 Å². The van der Waals surface area contributed by atoms with Gasteiger partial charge in [0, 0.05) is 5.56 Å². The maximum atomic E-state index is 13.5. The van der Waals surface area contributed by atoms with E-state index in [-0.39, 0.29) is 11.7 Å². The zero-order valence-electron chi connectivity index (χ0n) is 9.63.